The number of piperazine rings is 1. The average molecular weight is 402 g/mol. The molecule has 2 aliphatic heterocycles. The quantitative estimate of drug-likeness (QED) is 0.725. The van der Waals surface area contributed by atoms with Crippen molar-refractivity contribution in [3.63, 3.8) is 0 Å². The molecule has 1 aromatic rings. The average Bonchev–Trinajstić information content (AvgIpc) is 2.69. The third-order valence-corrected chi connectivity index (χ3v) is 6.05. The molecule has 2 fully saturated rings. The topological polar surface area (TPSA) is 36.0 Å². The number of carbonyl (C=O) groups excluding carboxylic acids is 1. The number of ether oxygens (including phenoxy) is 1. The molecule has 0 atom stereocenters. The number of hydrogen-bond donors (Lipinski definition) is 0. The first kappa shape index (κ1) is 22.1. The van der Waals surface area contributed by atoms with Gasteiger partial charge in [0.05, 0.1) is 0 Å². The molecule has 0 aliphatic carbocycles. The predicted molar refractivity (Wildman–Crippen MR) is 118 cm³/mol. The standard InChI is InChI=1S/C24H39N3O2/c1-24(2,3)29-23(28)27-18-16-26(17-19-27)13-7-12-25-14-10-22(11-15-25)20-21-8-5-4-6-9-21/h4-6,8-9,22H,7,10-20H2,1-3H3. The Hall–Kier alpha value is -1.59. The summed E-state index contributed by atoms with van der Waals surface area (Å²) >= 11 is 0. The first-order valence-corrected chi connectivity index (χ1v) is 11.4. The van der Waals surface area contributed by atoms with E-state index in [1.807, 2.05) is 25.7 Å². The monoisotopic (exact) mass is 401 g/mol. The molecular weight excluding hydrogens is 362 g/mol. The number of amides is 1. The van der Waals surface area contributed by atoms with Gasteiger partial charge in [-0.05, 0) is 84.1 Å². The largest absolute Gasteiger partial charge is 0.444 e. The Kier molecular flexibility index (Phi) is 7.96. The minimum Gasteiger partial charge on any atom is -0.444 e. The van der Waals surface area contributed by atoms with Gasteiger partial charge in [-0.15, -0.1) is 0 Å². The predicted octanol–water partition coefficient (Wildman–Crippen LogP) is 3.88. The van der Waals surface area contributed by atoms with E-state index in [2.05, 4.69) is 40.1 Å². The Morgan fingerprint density at radius 3 is 2.10 bits per heavy atom. The minimum absolute atomic E-state index is 0.171. The second kappa shape index (κ2) is 10.4. The number of rotatable bonds is 6. The van der Waals surface area contributed by atoms with Crippen LogP contribution in [0, 0.1) is 5.92 Å². The lowest BCUT2D eigenvalue weighted by Gasteiger charge is -2.36. The molecule has 162 valence electrons. The lowest BCUT2D eigenvalue weighted by atomic mass is 9.90. The summed E-state index contributed by atoms with van der Waals surface area (Å²) < 4.78 is 5.48. The van der Waals surface area contributed by atoms with E-state index in [9.17, 15) is 4.79 Å². The number of piperidine rings is 1. The highest BCUT2D eigenvalue weighted by molar-refractivity contribution is 5.68. The molecule has 0 aromatic heterocycles. The molecule has 5 heteroatoms. The van der Waals surface area contributed by atoms with E-state index in [1.54, 1.807) is 0 Å². The Labute approximate surface area is 177 Å². The zero-order valence-electron chi connectivity index (χ0n) is 18.6. The van der Waals surface area contributed by atoms with Gasteiger partial charge in [-0.25, -0.2) is 4.79 Å². The summed E-state index contributed by atoms with van der Waals surface area (Å²) in [4.78, 5) is 19.1. The fourth-order valence-electron chi connectivity index (χ4n) is 4.36. The number of nitrogens with zero attached hydrogens (tertiary/aromatic N) is 3. The lowest BCUT2D eigenvalue weighted by molar-refractivity contribution is 0.0142. The summed E-state index contributed by atoms with van der Waals surface area (Å²) in [6.07, 6.45) is 4.93. The zero-order valence-corrected chi connectivity index (χ0v) is 18.6. The van der Waals surface area contributed by atoms with Crippen molar-refractivity contribution in [1.29, 1.82) is 0 Å². The summed E-state index contributed by atoms with van der Waals surface area (Å²) in [6, 6.07) is 10.9. The van der Waals surface area contributed by atoms with Crippen LogP contribution in [-0.4, -0.2) is 78.8 Å². The van der Waals surface area contributed by atoms with Crippen LogP contribution in [0.15, 0.2) is 30.3 Å². The van der Waals surface area contributed by atoms with Crippen molar-refractivity contribution < 1.29 is 9.53 Å². The Morgan fingerprint density at radius 1 is 0.931 bits per heavy atom. The van der Waals surface area contributed by atoms with Crippen molar-refractivity contribution in [2.45, 2.75) is 52.1 Å². The summed E-state index contributed by atoms with van der Waals surface area (Å²) in [7, 11) is 0. The van der Waals surface area contributed by atoms with Crippen molar-refractivity contribution in [3.05, 3.63) is 35.9 Å². The Morgan fingerprint density at radius 2 is 1.52 bits per heavy atom. The molecule has 0 bridgehead atoms. The fourth-order valence-corrected chi connectivity index (χ4v) is 4.36. The van der Waals surface area contributed by atoms with Crippen molar-refractivity contribution in [3.8, 4) is 0 Å². The molecule has 2 heterocycles. The van der Waals surface area contributed by atoms with E-state index in [0.29, 0.717) is 0 Å². The molecule has 5 nitrogen and oxygen atoms in total. The fraction of sp³-hybridized carbons (Fsp3) is 0.708. The highest BCUT2D eigenvalue weighted by atomic mass is 16.6. The Bertz CT molecular complexity index is 613. The van der Waals surface area contributed by atoms with Gasteiger partial charge in [-0.3, -0.25) is 4.90 Å². The molecule has 0 spiro atoms. The molecule has 0 radical (unpaired) electrons. The molecule has 1 amide bonds. The van der Waals surface area contributed by atoms with Crippen LogP contribution in [0.25, 0.3) is 0 Å². The number of hydrogen-bond acceptors (Lipinski definition) is 4. The summed E-state index contributed by atoms with van der Waals surface area (Å²) in [5.41, 5.74) is 1.07. The maximum Gasteiger partial charge on any atom is 0.410 e. The van der Waals surface area contributed by atoms with Gasteiger partial charge >= 0.3 is 6.09 Å². The second-order valence-electron chi connectivity index (χ2n) is 9.64. The van der Waals surface area contributed by atoms with Gasteiger partial charge in [0.15, 0.2) is 0 Å². The normalized spacial score (nSPS) is 20.0. The first-order valence-electron chi connectivity index (χ1n) is 11.4. The van der Waals surface area contributed by atoms with Crippen molar-refractivity contribution >= 4 is 6.09 Å². The summed E-state index contributed by atoms with van der Waals surface area (Å²) in [5, 5.41) is 0. The van der Waals surface area contributed by atoms with Crippen molar-refractivity contribution in [2.24, 2.45) is 5.92 Å². The maximum absolute atomic E-state index is 12.2. The minimum atomic E-state index is -0.414. The summed E-state index contributed by atoms with van der Waals surface area (Å²) in [5.74, 6) is 0.842. The van der Waals surface area contributed by atoms with Crippen LogP contribution in [0.2, 0.25) is 0 Å². The van der Waals surface area contributed by atoms with Gasteiger partial charge in [0.1, 0.15) is 5.60 Å². The van der Waals surface area contributed by atoms with Gasteiger partial charge in [-0.1, -0.05) is 30.3 Å². The van der Waals surface area contributed by atoms with Gasteiger partial charge in [0, 0.05) is 26.2 Å². The van der Waals surface area contributed by atoms with Crippen molar-refractivity contribution in [2.75, 3.05) is 52.4 Å². The van der Waals surface area contributed by atoms with E-state index in [0.717, 1.165) is 38.6 Å². The number of likely N-dealkylation sites (tertiary alicyclic amines) is 1. The molecule has 2 aliphatic rings. The second-order valence-corrected chi connectivity index (χ2v) is 9.64. The van der Waals surface area contributed by atoms with Gasteiger partial charge < -0.3 is 14.5 Å². The molecule has 0 unspecified atom stereocenters. The molecule has 29 heavy (non-hydrogen) atoms. The van der Waals surface area contributed by atoms with E-state index in [1.165, 1.54) is 50.9 Å². The van der Waals surface area contributed by atoms with Crippen LogP contribution < -0.4 is 0 Å². The zero-order chi connectivity index (χ0) is 20.7. The van der Waals surface area contributed by atoms with E-state index >= 15 is 0 Å². The van der Waals surface area contributed by atoms with Crippen LogP contribution in [0.1, 0.15) is 45.6 Å². The van der Waals surface area contributed by atoms with Gasteiger partial charge in [-0.2, -0.15) is 0 Å². The highest BCUT2D eigenvalue weighted by Gasteiger charge is 2.26. The molecule has 0 saturated carbocycles. The van der Waals surface area contributed by atoms with Crippen LogP contribution in [0.4, 0.5) is 4.79 Å². The van der Waals surface area contributed by atoms with E-state index in [-0.39, 0.29) is 6.09 Å². The van der Waals surface area contributed by atoms with Crippen LogP contribution in [-0.2, 0) is 11.2 Å². The Balaban J connectivity index is 1.27. The van der Waals surface area contributed by atoms with Crippen LogP contribution >= 0.6 is 0 Å². The van der Waals surface area contributed by atoms with E-state index < -0.39 is 5.60 Å². The molecular formula is C24H39N3O2. The maximum atomic E-state index is 12.2. The third kappa shape index (κ3) is 7.63. The highest BCUT2D eigenvalue weighted by Crippen LogP contribution is 2.21. The SMILES string of the molecule is CC(C)(C)OC(=O)N1CCN(CCCN2CCC(Cc3ccccc3)CC2)CC1. The lowest BCUT2D eigenvalue weighted by Crippen LogP contribution is -2.50. The smallest absolute Gasteiger partial charge is 0.410 e. The van der Waals surface area contributed by atoms with Gasteiger partial charge in [0.2, 0.25) is 0 Å². The molecule has 3 rings (SSSR count). The molecule has 2 saturated heterocycles. The molecule has 0 N–H and O–H groups in total. The van der Waals surface area contributed by atoms with Crippen LogP contribution in [0.5, 0.6) is 0 Å². The molecule has 1 aromatic carbocycles. The summed E-state index contributed by atoms with van der Waals surface area (Å²) in [6.45, 7) is 14.0. The van der Waals surface area contributed by atoms with Crippen LogP contribution in [0.3, 0.4) is 0 Å². The van der Waals surface area contributed by atoms with Crippen molar-refractivity contribution in [1.82, 2.24) is 14.7 Å². The number of benzene rings is 1. The third-order valence-electron chi connectivity index (χ3n) is 6.05. The number of carbonyl (C=O) groups is 1. The van der Waals surface area contributed by atoms with E-state index in [4.69, 9.17) is 4.74 Å². The first-order chi connectivity index (χ1) is 13.9. The van der Waals surface area contributed by atoms with Gasteiger partial charge in [0.25, 0.3) is 0 Å².